The quantitative estimate of drug-likeness (QED) is 0.711. The van der Waals surface area contributed by atoms with E-state index < -0.39 is 35.2 Å². The number of hydrogen-bond donors (Lipinski definition) is 2. The number of hydrogen-bond acceptors (Lipinski definition) is 2. The van der Waals surface area contributed by atoms with Crippen molar-refractivity contribution in [3.63, 3.8) is 0 Å². The third kappa shape index (κ3) is 5.92. The van der Waals surface area contributed by atoms with Crippen molar-refractivity contribution >= 4 is 11.9 Å². The number of amides is 1. The summed E-state index contributed by atoms with van der Waals surface area (Å²) in [7, 11) is 0. The molecule has 0 saturated carbocycles. The first-order valence-corrected chi connectivity index (χ1v) is 7.47. The minimum absolute atomic E-state index is 0.190. The summed E-state index contributed by atoms with van der Waals surface area (Å²) in [6, 6.07) is 3.13. The van der Waals surface area contributed by atoms with Gasteiger partial charge in [-0.3, -0.25) is 4.79 Å². The fraction of sp³-hybridized carbons (Fsp3) is 0.500. The molecule has 0 aliphatic carbocycles. The lowest BCUT2D eigenvalue weighted by Gasteiger charge is -2.17. The zero-order valence-corrected chi connectivity index (χ0v) is 12.8. The van der Waals surface area contributed by atoms with E-state index in [-0.39, 0.29) is 6.42 Å². The van der Waals surface area contributed by atoms with Crippen molar-refractivity contribution in [1.29, 1.82) is 0 Å². The van der Waals surface area contributed by atoms with Gasteiger partial charge in [0.1, 0.15) is 6.04 Å². The van der Waals surface area contributed by atoms with Gasteiger partial charge in [0, 0.05) is 0 Å². The second-order valence-electron chi connectivity index (χ2n) is 5.26. The highest BCUT2D eigenvalue weighted by Crippen LogP contribution is 2.31. The van der Waals surface area contributed by atoms with Crippen molar-refractivity contribution in [3.05, 3.63) is 35.4 Å². The molecule has 128 valence electrons. The number of carbonyl (C=O) groups is 2. The number of carboxylic acid groups (broad SMARTS) is 1. The van der Waals surface area contributed by atoms with Gasteiger partial charge in [-0.2, -0.15) is 13.2 Å². The normalized spacial score (nSPS) is 12.7. The number of aliphatic carboxylic acids is 1. The van der Waals surface area contributed by atoms with Crippen LogP contribution in [0.2, 0.25) is 0 Å². The van der Waals surface area contributed by atoms with Gasteiger partial charge in [0.2, 0.25) is 0 Å². The van der Waals surface area contributed by atoms with Crippen molar-refractivity contribution in [2.45, 2.75) is 51.2 Å². The van der Waals surface area contributed by atoms with Crippen LogP contribution in [0.3, 0.4) is 0 Å². The molecule has 0 radical (unpaired) electrons. The van der Waals surface area contributed by atoms with Crippen LogP contribution in [-0.2, 0) is 11.0 Å². The zero-order chi connectivity index (χ0) is 17.5. The Kier molecular flexibility index (Phi) is 7.06. The number of halogens is 3. The summed E-state index contributed by atoms with van der Waals surface area (Å²) in [6.45, 7) is 2.00. The maximum absolute atomic E-state index is 12.9. The van der Waals surface area contributed by atoms with Crippen LogP contribution in [-0.4, -0.2) is 23.0 Å². The molecule has 0 aromatic heterocycles. The van der Waals surface area contributed by atoms with Gasteiger partial charge in [-0.15, -0.1) is 0 Å². The molecule has 23 heavy (non-hydrogen) atoms. The molecule has 7 heteroatoms. The Morgan fingerprint density at radius 3 is 2.39 bits per heavy atom. The van der Waals surface area contributed by atoms with Crippen molar-refractivity contribution < 1.29 is 27.9 Å². The monoisotopic (exact) mass is 331 g/mol. The number of nitrogens with one attached hydrogen (secondary N) is 1. The third-order valence-corrected chi connectivity index (χ3v) is 3.43. The lowest BCUT2D eigenvalue weighted by atomic mass is 10.0. The van der Waals surface area contributed by atoms with E-state index in [0.717, 1.165) is 31.4 Å². The predicted octanol–water partition coefficient (Wildman–Crippen LogP) is 3.86. The Hall–Kier alpha value is -2.05. The highest BCUT2D eigenvalue weighted by molar-refractivity contribution is 5.98. The maximum Gasteiger partial charge on any atom is 0.417 e. The molecule has 0 heterocycles. The molecule has 0 spiro atoms. The Balaban J connectivity index is 2.82. The number of unbranched alkanes of at least 4 members (excludes halogenated alkanes) is 3. The minimum atomic E-state index is -4.67. The largest absolute Gasteiger partial charge is 0.480 e. The second-order valence-corrected chi connectivity index (χ2v) is 5.26. The zero-order valence-electron chi connectivity index (χ0n) is 12.8. The smallest absolute Gasteiger partial charge is 0.417 e. The molecular formula is C16H20F3NO3. The van der Waals surface area contributed by atoms with Crippen LogP contribution in [0.15, 0.2) is 24.3 Å². The van der Waals surface area contributed by atoms with E-state index in [9.17, 15) is 22.8 Å². The van der Waals surface area contributed by atoms with E-state index in [1.807, 2.05) is 6.92 Å². The Bertz CT molecular complexity index is 544. The maximum atomic E-state index is 12.9. The topological polar surface area (TPSA) is 66.4 Å². The average Bonchev–Trinajstić information content (AvgIpc) is 2.49. The molecule has 1 amide bonds. The van der Waals surface area contributed by atoms with Crippen LogP contribution in [0.4, 0.5) is 13.2 Å². The van der Waals surface area contributed by atoms with E-state index in [2.05, 4.69) is 5.32 Å². The molecule has 1 aromatic rings. The molecular weight excluding hydrogens is 311 g/mol. The van der Waals surface area contributed by atoms with Crippen LogP contribution < -0.4 is 5.32 Å². The highest BCUT2D eigenvalue weighted by Gasteiger charge is 2.35. The van der Waals surface area contributed by atoms with E-state index in [1.165, 1.54) is 12.1 Å². The fourth-order valence-corrected chi connectivity index (χ4v) is 2.20. The molecule has 1 aromatic carbocycles. The Morgan fingerprint density at radius 1 is 1.17 bits per heavy atom. The van der Waals surface area contributed by atoms with Crippen LogP contribution in [0, 0.1) is 0 Å². The lowest BCUT2D eigenvalue weighted by Crippen LogP contribution is -2.41. The van der Waals surface area contributed by atoms with Gasteiger partial charge in [0.25, 0.3) is 5.91 Å². The minimum Gasteiger partial charge on any atom is -0.480 e. The standard InChI is InChI=1S/C16H20F3NO3/c1-2-3-4-5-10-13(15(22)23)20-14(21)11-8-6-7-9-12(11)16(17,18)19/h6-9,13H,2-5,10H2,1H3,(H,20,21)(H,22,23)/t13-/m1/s1. The molecule has 0 unspecified atom stereocenters. The van der Waals surface area contributed by atoms with Crippen molar-refractivity contribution in [2.24, 2.45) is 0 Å². The summed E-state index contributed by atoms with van der Waals surface area (Å²) >= 11 is 0. The van der Waals surface area contributed by atoms with Crippen LogP contribution >= 0.6 is 0 Å². The SMILES string of the molecule is CCCCCC[C@@H](NC(=O)c1ccccc1C(F)(F)F)C(=O)O. The summed E-state index contributed by atoms with van der Waals surface area (Å²) in [5.41, 5.74) is -1.65. The van der Waals surface area contributed by atoms with Crippen molar-refractivity contribution in [3.8, 4) is 0 Å². The molecule has 2 N–H and O–H groups in total. The second kappa shape index (κ2) is 8.55. The van der Waals surface area contributed by atoms with Gasteiger partial charge in [-0.05, 0) is 18.6 Å². The Morgan fingerprint density at radius 2 is 1.83 bits per heavy atom. The first-order valence-electron chi connectivity index (χ1n) is 7.47. The van der Waals surface area contributed by atoms with Gasteiger partial charge in [-0.25, -0.2) is 4.79 Å². The lowest BCUT2D eigenvalue weighted by molar-refractivity contribution is -0.139. The number of alkyl halides is 3. The van der Waals surface area contributed by atoms with E-state index >= 15 is 0 Å². The van der Waals surface area contributed by atoms with Crippen LogP contribution in [0.5, 0.6) is 0 Å². The molecule has 0 saturated heterocycles. The molecule has 0 aliphatic rings. The van der Waals surface area contributed by atoms with Crippen molar-refractivity contribution in [1.82, 2.24) is 5.32 Å². The van der Waals surface area contributed by atoms with E-state index in [1.54, 1.807) is 0 Å². The van der Waals surface area contributed by atoms with Gasteiger partial charge >= 0.3 is 12.1 Å². The van der Waals surface area contributed by atoms with Gasteiger partial charge in [0.05, 0.1) is 11.1 Å². The molecule has 1 rings (SSSR count). The summed E-state index contributed by atoms with van der Waals surface area (Å²) in [5, 5.41) is 11.3. The summed E-state index contributed by atoms with van der Waals surface area (Å²) in [6.07, 6.45) is -1.16. The number of carboxylic acids is 1. The van der Waals surface area contributed by atoms with Crippen molar-refractivity contribution in [2.75, 3.05) is 0 Å². The first kappa shape index (κ1) is 19.0. The van der Waals surface area contributed by atoms with E-state index in [4.69, 9.17) is 5.11 Å². The molecule has 0 fully saturated rings. The molecule has 0 aliphatic heterocycles. The van der Waals surface area contributed by atoms with E-state index in [0.29, 0.717) is 6.42 Å². The van der Waals surface area contributed by atoms with Gasteiger partial charge < -0.3 is 10.4 Å². The van der Waals surface area contributed by atoms with Gasteiger partial charge in [-0.1, -0.05) is 44.7 Å². The molecule has 4 nitrogen and oxygen atoms in total. The first-order chi connectivity index (χ1) is 10.8. The number of rotatable bonds is 8. The summed E-state index contributed by atoms with van der Waals surface area (Å²) in [4.78, 5) is 23.2. The fourth-order valence-electron chi connectivity index (χ4n) is 2.20. The average molecular weight is 331 g/mol. The third-order valence-electron chi connectivity index (χ3n) is 3.43. The predicted molar refractivity (Wildman–Crippen MR) is 79.1 cm³/mol. The van der Waals surface area contributed by atoms with Crippen LogP contribution in [0.1, 0.15) is 54.9 Å². The highest BCUT2D eigenvalue weighted by atomic mass is 19.4. The molecule has 1 atom stereocenters. The molecule has 0 bridgehead atoms. The van der Waals surface area contributed by atoms with Crippen LogP contribution in [0.25, 0.3) is 0 Å². The number of carbonyl (C=O) groups excluding carboxylic acids is 1. The summed E-state index contributed by atoms with van der Waals surface area (Å²) in [5.74, 6) is -2.28. The Labute approximate surface area is 132 Å². The van der Waals surface area contributed by atoms with Gasteiger partial charge in [0.15, 0.2) is 0 Å². The number of benzene rings is 1. The summed E-state index contributed by atoms with van der Waals surface area (Å²) < 4.78 is 38.7.